The molecule has 0 aromatic heterocycles. The van der Waals surface area contributed by atoms with Crippen molar-refractivity contribution >= 4 is 0 Å². The molecule has 4 heteroatoms. The molecule has 0 amide bonds. The number of hydrogen-bond acceptors (Lipinski definition) is 4. The first-order chi connectivity index (χ1) is 9.77. The second kappa shape index (κ2) is 10.8. The van der Waals surface area contributed by atoms with Crippen LogP contribution in [0.25, 0.3) is 0 Å². The van der Waals surface area contributed by atoms with E-state index in [1.807, 2.05) is 6.07 Å². The Balaban J connectivity index is 2.16. The summed E-state index contributed by atoms with van der Waals surface area (Å²) in [6.45, 7) is 5.21. The summed E-state index contributed by atoms with van der Waals surface area (Å²) in [5, 5.41) is 9.48. The van der Waals surface area contributed by atoms with Gasteiger partial charge in [-0.1, -0.05) is 29.8 Å². The normalized spacial score (nSPS) is 12.6. The van der Waals surface area contributed by atoms with Crippen molar-refractivity contribution < 1.29 is 19.3 Å². The molecule has 0 aliphatic carbocycles. The molecular weight excluding hydrogens is 256 g/mol. The van der Waals surface area contributed by atoms with Gasteiger partial charge in [-0.3, -0.25) is 0 Å². The number of aliphatic hydroxyl groups is 1. The third-order valence-electron chi connectivity index (χ3n) is 3.15. The molecular formula is C16H26O4. The minimum absolute atomic E-state index is 0.143. The fraction of sp³-hybridized carbons (Fsp3) is 0.625. The Morgan fingerprint density at radius 3 is 2.40 bits per heavy atom. The molecule has 1 aromatic carbocycles. The van der Waals surface area contributed by atoms with Crippen molar-refractivity contribution in [3.63, 3.8) is 0 Å². The van der Waals surface area contributed by atoms with Crippen LogP contribution in [0.5, 0.6) is 0 Å². The fourth-order valence-corrected chi connectivity index (χ4v) is 1.98. The molecule has 1 N–H and O–H groups in total. The van der Waals surface area contributed by atoms with Crippen molar-refractivity contribution in [3.8, 4) is 0 Å². The average Bonchev–Trinajstić information content (AvgIpc) is 2.46. The van der Waals surface area contributed by atoms with Crippen molar-refractivity contribution in [2.45, 2.75) is 19.3 Å². The van der Waals surface area contributed by atoms with E-state index in [1.165, 1.54) is 11.1 Å². The summed E-state index contributed by atoms with van der Waals surface area (Å²) in [5.74, 6) is 0.143. The lowest BCUT2D eigenvalue weighted by Crippen LogP contribution is -2.12. The van der Waals surface area contributed by atoms with Gasteiger partial charge in [-0.05, 0) is 18.9 Å². The van der Waals surface area contributed by atoms with Gasteiger partial charge in [-0.15, -0.1) is 0 Å². The Labute approximate surface area is 121 Å². The fourth-order valence-electron chi connectivity index (χ4n) is 1.98. The Bertz CT molecular complexity index is 354. The van der Waals surface area contributed by atoms with Crippen LogP contribution < -0.4 is 0 Å². The first-order valence-corrected chi connectivity index (χ1v) is 7.09. The van der Waals surface area contributed by atoms with E-state index in [4.69, 9.17) is 14.2 Å². The van der Waals surface area contributed by atoms with Gasteiger partial charge in [0, 0.05) is 19.6 Å². The number of methoxy groups -OCH3 is 1. The van der Waals surface area contributed by atoms with Crippen LogP contribution in [0.2, 0.25) is 0 Å². The van der Waals surface area contributed by atoms with Gasteiger partial charge in [-0.25, -0.2) is 0 Å². The monoisotopic (exact) mass is 282 g/mol. The molecule has 0 aliphatic heterocycles. The van der Waals surface area contributed by atoms with E-state index >= 15 is 0 Å². The molecule has 1 aromatic rings. The largest absolute Gasteiger partial charge is 0.396 e. The summed E-state index contributed by atoms with van der Waals surface area (Å²) < 4.78 is 15.7. The number of aliphatic hydroxyl groups excluding tert-OH is 1. The van der Waals surface area contributed by atoms with E-state index in [1.54, 1.807) is 7.11 Å². The van der Waals surface area contributed by atoms with Crippen LogP contribution in [0.4, 0.5) is 0 Å². The number of benzene rings is 1. The van der Waals surface area contributed by atoms with E-state index in [-0.39, 0.29) is 12.5 Å². The van der Waals surface area contributed by atoms with Gasteiger partial charge in [0.25, 0.3) is 0 Å². The minimum Gasteiger partial charge on any atom is -0.396 e. The number of ether oxygens (including phenoxy) is 3. The van der Waals surface area contributed by atoms with E-state index < -0.39 is 0 Å². The molecule has 20 heavy (non-hydrogen) atoms. The summed E-state index contributed by atoms with van der Waals surface area (Å²) in [6, 6.07) is 8.26. The van der Waals surface area contributed by atoms with Gasteiger partial charge in [-0.2, -0.15) is 0 Å². The molecule has 1 unspecified atom stereocenters. The predicted octanol–water partition coefficient (Wildman–Crippen LogP) is 2.14. The Morgan fingerprint density at radius 1 is 1.05 bits per heavy atom. The minimum atomic E-state index is 0.143. The molecule has 1 atom stereocenters. The topological polar surface area (TPSA) is 47.9 Å². The maximum absolute atomic E-state index is 9.48. The summed E-state index contributed by atoms with van der Waals surface area (Å²) in [4.78, 5) is 0. The summed E-state index contributed by atoms with van der Waals surface area (Å²) in [5.41, 5.74) is 2.39. The van der Waals surface area contributed by atoms with Gasteiger partial charge in [0.1, 0.15) is 0 Å². The Kier molecular flexibility index (Phi) is 9.24. The Morgan fingerprint density at radius 2 is 1.75 bits per heavy atom. The number of rotatable bonds is 11. The van der Waals surface area contributed by atoms with Crippen LogP contribution >= 0.6 is 0 Å². The second-order valence-electron chi connectivity index (χ2n) is 4.80. The maximum Gasteiger partial charge on any atom is 0.0701 e. The molecule has 0 saturated carbocycles. The zero-order valence-electron chi connectivity index (χ0n) is 12.5. The molecule has 4 nitrogen and oxygen atoms in total. The predicted molar refractivity (Wildman–Crippen MR) is 79.1 cm³/mol. The number of aryl methyl sites for hydroxylation is 1. The molecule has 1 rings (SSSR count). The van der Waals surface area contributed by atoms with Gasteiger partial charge in [0.2, 0.25) is 0 Å². The van der Waals surface area contributed by atoms with Crippen LogP contribution in [0.3, 0.4) is 0 Å². The van der Waals surface area contributed by atoms with Gasteiger partial charge in [0.05, 0.1) is 33.0 Å². The maximum atomic E-state index is 9.48. The SMILES string of the molecule is COCCOCCOCCC(CO)c1cccc(C)c1. The van der Waals surface area contributed by atoms with Gasteiger partial charge >= 0.3 is 0 Å². The highest BCUT2D eigenvalue weighted by molar-refractivity contribution is 5.25. The third-order valence-corrected chi connectivity index (χ3v) is 3.15. The lowest BCUT2D eigenvalue weighted by atomic mass is 9.96. The molecule has 0 heterocycles. The van der Waals surface area contributed by atoms with E-state index in [9.17, 15) is 5.11 Å². The van der Waals surface area contributed by atoms with Crippen molar-refractivity contribution in [2.75, 3.05) is 46.8 Å². The molecule has 114 valence electrons. The van der Waals surface area contributed by atoms with Crippen molar-refractivity contribution in [2.24, 2.45) is 0 Å². The highest BCUT2D eigenvalue weighted by Gasteiger charge is 2.10. The first-order valence-electron chi connectivity index (χ1n) is 7.09. The highest BCUT2D eigenvalue weighted by atomic mass is 16.5. The van der Waals surface area contributed by atoms with Crippen molar-refractivity contribution in [3.05, 3.63) is 35.4 Å². The Hall–Kier alpha value is -0.940. The standard InChI is InChI=1S/C16H26O4/c1-14-4-3-5-15(12-14)16(13-17)6-7-19-10-11-20-9-8-18-2/h3-5,12,16-17H,6-11,13H2,1-2H3. The zero-order valence-corrected chi connectivity index (χ0v) is 12.5. The molecule has 0 fully saturated rings. The van der Waals surface area contributed by atoms with E-state index in [0.717, 1.165) is 6.42 Å². The van der Waals surface area contributed by atoms with Crippen LogP contribution in [-0.2, 0) is 14.2 Å². The molecule has 0 radical (unpaired) electrons. The van der Waals surface area contributed by atoms with Crippen molar-refractivity contribution in [1.29, 1.82) is 0 Å². The summed E-state index contributed by atoms with van der Waals surface area (Å²) >= 11 is 0. The number of hydrogen-bond donors (Lipinski definition) is 1. The van der Waals surface area contributed by atoms with Crippen LogP contribution in [0.15, 0.2) is 24.3 Å². The average molecular weight is 282 g/mol. The third kappa shape index (κ3) is 7.01. The van der Waals surface area contributed by atoms with Crippen LogP contribution in [0, 0.1) is 6.92 Å². The molecule has 0 saturated heterocycles. The summed E-state index contributed by atoms with van der Waals surface area (Å²) in [6.07, 6.45) is 0.817. The molecule has 0 aliphatic rings. The summed E-state index contributed by atoms with van der Waals surface area (Å²) in [7, 11) is 1.65. The van der Waals surface area contributed by atoms with Crippen LogP contribution in [-0.4, -0.2) is 51.9 Å². The smallest absolute Gasteiger partial charge is 0.0701 e. The van der Waals surface area contributed by atoms with Gasteiger partial charge in [0.15, 0.2) is 0 Å². The van der Waals surface area contributed by atoms with E-state index in [2.05, 4.69) is 25.1 Å². The molecule has 0 bridgehead atoms. The zero-order chi connectivity index (χ0) is 14.6. The molecule has 0 spiro atoms. The van der Waals surface area contributed by atoms with Gasteiger partial charge < -0.3 is 19.3 Å². The second-order valence-corrected chi connectivity index (χ2v) is 4.80. The van der Waals surface area contributed by atoms with Crippen molar-refractivity contribution in [1.82, 2.24) is 0 Å². The lowest BCUT2D eigenvalue weighted by molar-refractivity contribution is 0.0223. The van der Waals surface area contributed by atoms with E-state index in [0.29, 0.717) is 33.0 Å². The first kappa shape index (κ1) is 17.1. The quantitative estimate of drug-likeness (QED) is 0.632. The highest BCUT2D eigenvalue weighted by Crippen LogP contribution is 2.20. The lowest BCUT2D eigenvalue weighted by Gasteiger charge is -2.15. The van der Waals surface area contributed by atoms with Crippen LogP contribution in [0.1, 0.15) is 23.5 Å².